The minimum absolute atomic E-state index is 0.230. The lowest BCUT2D eigenvalue weighted by Crippen LogP contribution is -2.37. The summed E-state index contributed by atoms with van der Waals surface area (Å²) in [4.78, 5) is 36.0. The summed E-state index contributed by atoms with van der Waals surface area (Å²) in [6, 6.07) is 21.0. The van der Waals surface area contributed by atoms with Crippen molar-refractivity contribution in [1.29, 1.82) is 0 Å². The fraction of sp³-hybridized carbons (Fsp3) is 0.154. The van der Waals surface area contributed by atoms with Gasteiger partial charge in [0.05, 0.1) is 20.4 Å². The van der Waals surface area contributed by atoms with Crippen LogP contribution in [0.2, 0.25) is 0 Å². The van der Waals surface area contributed by atoms with Crippen LogP contribution in [0.3, 0.4) is 0 Å². The number of benzene rings is 3. The van der Waals surface area contributed by atoms with E-state index < -0.39 is 11.8 Å². The predicted molar refractivity (Wildman–Crippen MR) is 134 cm³/mol. The molecule has 0 saturated heterocycles. The van der Waals surface area contributed by atoms with Crippen molar-refractivity contribution < 1.29 is 28.6 Å². The summed E-state index contributed by atoms with van der Waals surface area (Å²) in [7, 11) is 3.02. The number of methoxy groups -OCH3 is 2. The van der Waals surface area contributed by atoms with E-state index in [9.17, 15) is 14.4 Å². The molecule has 0 radical (unpaired) electrons. The molecule has 0 spiro atoms. The highest BCUT2D eigenvalue weighted by Gasteiger charge is 2.12. The fourth-order valence-electron chi connectivity index (χ4n) is 2.97. The molecule has 0 aliphatic carbocycles. The Morgan fingerprint density at radius 3 is 2.31 bits per heavy atom. The first-order valence-corrected chi connectivity index (χ1v) is 10.9. The molecule has 10 nitrogen and oxygen atoms in total. The summed E-state index contributed by atoms with van der Waals surface area (Å²) in [5.74, 6) is -0.640. The third kappa shape index (κ3) is 7.87. The maximum Gasteiger partial charge on any atom is 0.329 e. The van der Waals surface area contributed by atoms with E-state index >= 15 is 0 Å². The van der Waals surface area contributed by atoms with Crippen LogP contribution in [-0.2, 0) is 20.9 Å². The minimum Gasteiger partial charge on any atom is -0.497 e. The summed E-state index contributed by atoms with van der Waals surface area (Å²) in [5.41, 5.74) is 4.23. The maximum atomic E-state index is 12.2. The third-order valence-corrected chi connectivity index (χ3v) is 4.80. The number of hydrogen-bond donors (Lipinski definition) is 3. The van der Waals surface area contributed by atoms with Crippen molar-refractivity contribution in [2.45, 2.75) is 6.54 Å². The van der Waals surface area contributed by atoms with Crippen molar-refractivity contribution in [3.8, 4) is 17.2 Å². The highest BCUT2D eigenvalue weighted by atomic mass is 16.5. The normalized spacial score (nSPS) is 10.4. The van der Waals surface area contributed by atoms with Crippen molar-refractivity contribution in [3.63, 3.8) is 0 Å². The van der Waals surface area contributed by atoms with E-state index in [-0.39, 0.29) is 19.1 Å². The first kappa shape index (κ1) is 25.8. The summed E-state index contributed by atoms with van der Waals surface area (Å²) in [6.45, 7) is -0.00242. The molecule has 36 heavy (non-hydrogen) atoms. The van der Waals surface area contributed by atoms with Crippen LogP contribution in [0, 0.1) is 0 Å². The Balaban J connectivity index is 1.48. The number of carbonyl (C=O) groups excluding carboxylic acids is 3. The molecule has 0 aliphatic heterocycles. The summed E-state index contributed by atoms with van der Waals surface area (Å²) in [6.07, 6.45) is 1.35. The first-order valence-electron chi connectivity index (χ1n) is 10.9. The van der Waals surface area contributed by atoms with Gasteiger partial charge in [0.15, 0.2) is 18.1 Å². The second-order valence-corrected chi connectivity index (χ2v) is 7.34. The van der Waals surface area contributed by atoms with Gasteiger partial charge in [-0.1, -0.05) is 30.3 Å². The molecule has 3 rings (SSSR count). The van der Waals surface area contributed by atoms with Crippen LogP contribution in [0.25, 0.3) is 0 Å². The van der Waals surface area contributed by atoms with Crippen LogP contribution in [0.15, 0.2) is 77.9 Å². The van der Waals surface area contributed by atoms with Gasteiger partial charge in [0.2, 0.25) is 0 Å². The zero-order valence-electron chi connectivity index (χ0n) is 19.8. The number of carbonyl (C=O) groups is 3. The molecule has 0 aliphatic rings. The Labute approximate surface area is 208 Å². The van der Waals surface area contributed by atoms with E-state index in [0.29, 0.717) is 28.5 Å². The smallest absolute Gasteiger partial charge is 0.329 e. The topological polar surface area (TPSA) is 127 Å². The number of hydrazone groups is 1. The zero-order valence-corrected chi connectivity index (χ0v) is 19.8. The van der Waals surface area contributed by atoms with Crippen LogP contribution >= 0.6 is 0 Å². The summed E-state index contributed by atoms with van der Waals surface area (Å²) >= 11 is 0. The maximum absolute atomic E-state index is 12.2. The van der Waals surface area contributed by atoms with Crippen LogP contribution in [-0.4, -0.2) is 44.8 Å². The molecule has 0 heterocycles. The van der Waals surface area contributed by atoms with E-state index in [1.807, 2.05) is 30.3 Å². The summed E-state index contributed by atoms with van der Waals surface area (Å²) in [5, 5.41) is 9.04. The van der Waals surface area contributed by atoms with Crippen LogP contribution < -0.4 is 30.3 Å². The second kappa shape index (κ2) is 13.1. The van der Waals surface area contributed by atoms with E-state index in [0.717, 1.165) is 5.56 Å². The molecule has 0 atom stereocenters. The van der Waals surface area contributed by atoms with Gasteiger partial charge in [0, 0.05) is 12.2 Å². The number of nitrogens with zero attached hydrogens (tertiary/aromatic N) is 1. The monoisotopic (exact) mass is 490 g/mol. The lowest BCUT2D eigenvalue weighted by atomic mass is 10.2. The van der Waals surface area contributed by atoms with Crippen LogP contribution in [0.1, 0.15) is 11.1 Å². The number of rotatable bonds is 10. The van der Waals surface area contributed by atoms with Gasteiger partial charge in [-0.05, 0) is 53.6 Å². The molecule has 0 unspecified atom stereocenters. The Bertz CT molecular complexity index is 1210. The van der Waals surface area contributed by atoms with E-state index in [1.54, 1.807) is 49.6 Å². The molecule has 3 N–H and O–H groups in total. The Hall–Kier alpha value is -4.86. The lowest BCUT2D eigenvalue weighted by molar-refractivity contribution is -0.139. The van der Waals surface area contributed by atoms with Gasteiger partial charge >= 0.3 is 11.8 Å². The van der Waals surface area contributed by atoms with Crippen molar-refractivity contribution >= 4 is 29.6 Å². The summed E-state index contributed by atoms with van der Waals surface area (Å²) < 4.78 is 16.0. The van der Waals surface area contributed by atoms with Crippen molar-refractivity contribution in [2.75, 3.05) is 26.1 Å². The van der Waals surface area contributed by atoms with E-state index in [1.165, 1.54) is 13.3 Å². The SMILES string of the molecule is COc1ccc(NC(=O)COc2ccc(/C=N\NC(=O)C(=O)NCc3ccccc3)cc2OC)cc1. The molecule has 3 aromatic carbocycles. The standard InChI is InChI=1S/C26H26N4O6/c1-34-21-11-9-20(10-12-21)29-24(31)17-36-22-13-8-19(14-23(22)35-2)16-28-30-26(33)25(32)27-15-18-6-4-3-5-7-18/h3-14,16H,15,17H2,1-2H3,(H,27,32)(H,29,31)(H,30,33)/b28-16-. The highest BCUT2D eigenvalue weighted by molar-refractivity contribution is 6.35. The largest absolute Gasteiger partial charge is 0.497 e. The van der Waals surface area contributed by atoms with Gasteiger partial charge < -0.3 is 24.8 Å². The van der Waals surface area contributed by atoms with Gasteiger partial charge in [-0.3, -0.25) is 14.4 Å². The predicted octanol–water partition coefficient (Wildman–Crippen LogP) is 2.49. The number of amides is 3. The van der Waals surface area contributed by atoms with E-state index in [2.05, 4.69) is 21.2 Å². The minimum atomic E-state index is -0.892. The second-order valence-electron chi connectivity index (χ2n) is 7.34. The molecule has 3 amide bonds. The van der Waals surface area contributed by atoms with Gasteiger partial charge in [0.25, 0.3) is 5.91 Å². The lowest BCUT2D eigenvalue weighted by Gasteiger charge is -2.11. The average Bonchev–Trinajstić information content (AvgIpc) is 2.91. The van der Waals surface area contributed by atoms with E-state index in [4.69, 9.17) is 14.2 Å². The molecule has 0 fully saturated rings. The van der Waals surface area contributed by atoms with Gasteiger partial charge in [-0.2, -0.15) is 5.10 Å². The molecule has 0 bridgehead atoms. The van der Waals surface area contributed by atoms with Crippen LogP contribution in [0.4, 0.5) is 5.69 Å². The van der Waals surface area contributed by atoms with Gasteiger partial charge in [-0.25, -0.2) is 5.43 Å². The first-order chi connectivity index (χ1) is 17.5. The number of hydrogen-bond acceptors (Lipinski definition) is 7. The molecule has 186 valence electrons. The molecular weight excluding hydrogens is 464 g/mol. The van der Waals surface area contributed by atoms with Crippen molar-refractivity contribution in [2.24, 2.45) is 5.10 Å². The van der Waals surface area contributed by atoms with Crippen molar-refractivity contribution in [3.05, 3.63) is 83.9 Å². The zero-order chi connectivity index (χ0) is 25.8. The number of nitrogens with one attached hydrogen (secondary N) is 3. The van der Waals surface area contributed by atoms with Crippen LogP contribution in [0.5, 0.6) is 17.2 Å². The molecule has 0 saturated carbocycles. The highest BCUT2D eigenvalue weighted by Crippen LogP contribution is 2.27. The fourth-order valence-corrected chi connectivity index (χ4v) is 2.97. The Morgan fingerprint density at radius 1 is 0.861 bits per heavy atom. The molecule has 3 aromatic rings. The van der Waals surface area contributed by atoms with Gasteiger partial charge in [-0.15, -0.1) is 0 Å². The average molecular weight is 491 g/mol. The quantitative estimate of drug-likeness (QED) is 0.228. The molecular formula is C26H26N4O6. The Morgan fingerprint density at radius 2 is 1.61 bits per heavy atom. The Kier molecular flexibility index (Phi) is 9.40. The van der Waals surface area contributed by atoms with Crippen molar-refractivity contribution in [1.82, 2.24) is 10.7 Å². The number of ether oxygens (including phenoxy) is 3. The third-order valence-electron chi connectivity index (χ3n) is 4.80. The number of anilines is 1. The van der Waals surface area contributed by atoms with Gasteiger partial charge in [0.1, 0.15) is 5.75 Å². The molecule has 0 aromatic heterocycles. The molecule has 10 heteroatoms.